The molecule has 1 amide bonds. The maximum absolute atomic E-state index is 10.7. The van der Waals surface area contributed by atoms with E-state index in [2.05, 4.69) is 5.32 Å². The van der Waals surface area contributed by atoms with Crippen molar-refractivity contribution in [2.45, 2.75) is 13.0 Å². The first-order chi connectivity index (χ1) is 8.50. The van der Waals surface area contributed by atoms with E-state index in [4.69, 9.17) is 15.6 Å². The van der Waals surface area contributed by atoms with Gasteiger partial charge in [0.05, 0.1) is 11.6 Å². The summed E-state index contributed by atoms with van der Waals surface area (Å²) in [4.78, 5) is 21.5. The van der Waals surface area contributed by atoms with E-state index in [0.29, 0.717) is 18.9 Å². The highest BCUT2D eigenvalue weighted by Crippen LogP contribution is 2.12. The molecule has 0 saturated heterocycles. The Kier molecular flexibility index (Phi) is 5.13. The molecule has 4 N–H and O–H groups in total. The average molecular weight is 252 g/mol. The lowest BCUT2D eigenvalue weighted by Gasteiger charge is -2.11. The SMILES string of the molecule is CC(NCCOc1cccc(C(=O)O)c1)C(N)=O. The van der Waals surface area contributed by atoms with Gasteiger partial charge in [0, 0.05) is 6.54 Å². The molecular formula is C12H16N2O4. The molecule has 1 aromatic rings. The minimum atomic E-state index is -0.999. The minimum Gasteiger partial charge on any atom is -0.492 e. The number of amides is 1. The van der Waals surface area contributed by atoms with E-state index in [9.17, 15) is 9.59 Å². The van der Waals surface area contributed by atoms with Crippen molar-refractivity contribution in [2.75, 3.05) is 13.2 Å². The van der Waals surface area contributed by atoms with Crippen LogP contribution in [0.15, 0.2) is 24.3 Å². The van der Waals surface area contributed by atoms with E-state index < -0.39 is 17.9 Å². The van der Waals surface area contributed by atoms with Crippen molar-refractivity contribution in [3.8, 4) is 5.75 Å². The zero-order valence-electron chi connectivity index (χ0n) is 10.1. The summed E-state index contributed by atoms with van der Waals surface area (Å²) < 4.78 is 5.35. The van der Waals surface area contributed by atoms with Crippen LogP contribution in [0.2, 0.25) is 0 Å². The summed E-state index contributed by atoms with van der Waals surface area (Å²) >= 11 is 0. The second-order valence-corrected chi connectivity index (χ2v) is 3.76. The third kappa shape index (κ3) is 4.42. The molecule has 0 saturated carbocycles. The molecule has 1 rings (SSSR count). The summed E-state index contributed by atoms with van der Waals surface area (Å²) in [6, 6.07) is 5.80. The molecule has 0 radical (unpaired) electrons. The van der Waals surface area contributed by atoms with Gasteiger partial charge in [-0.3, -0.25) is 4.79 Å². The number of aromatic carboxylic acids is 1. The molecule has 6 nitrogen and oxygen atoms in total. The van der Waals surface area contributed by atoms with Gasteiger partial charge in [-0.15, -0.1) is 0 Å². The second-order valence-electron chi connectivity index (χ2n) is 3.76. The lowest BCUT2D eigenvalue weighted by molar-refractivity contribution is -0.119. The maximum atomic E-state index is 10.7. The molecule has 1 aromatic carbocycles. The molecule has 0 fully saturated rings. The highest BCUT2D eigenvalue weighted by molar-refractivity contribution is 5.88. The number of carbonyl (C=O) groups excluding carboxylic acids is 1. The Morgan fingerprint density at radius 2 is 2.22 bits per heavy atom. The standard InChI is InChI=1S/C12H16N2O4/c1-8(11(13)15)14-5-6-18-10-4-2-3-9(7-10)12(16)17/h2-4,7-8,14H,5-6H2,1H3,(H2,13,15)(H,16,17). The zero-order chi connectivity index (χ0) is 13.5. The quantitative estimate of drug-likeness (QED) is 0.603. The lowest BCUT2D eigenvalue weighted by atomic mass is 10.2. The largest absolute Gasteiger partial charge is 0.492 e. The fourth-order valence-electron chi connectivity index (χ4n) is 1.26. The van der Waals surface area contributed by atoms with Gasteiger partial charge in [0.15, 0.2) is 0 Å². The predicted octanol–water partition coefficient (Wildman–Crippen LogP) is 0.227. The highest BCUT2D eigenvalue weighted by atomic mass is 16.5. The molecule has 0 aliphatic rings. The van der Waals surface area contributed by atoms with E-state index in [0.717, 1.165) is 0 Å². The second kappa shape index (κ2) is 6.61. The first kappa shape index (κ1) is 14.0. The first-order valence-electron chi connectivity index (χ1n) is 5.49. The Hall–Kier alpha value is -2.08. The number of hydrogen-bond donors (Lipinski definition) is 3. The van der Waals surface area contributed by atoms with Crippen LogP contribution in [-0.4, -0.2) is 36.2 Å². The fourth-order valence-corrected chi connectivity index (χ4v) is 1.26. The smallest absolute Gasteiger partial charge is 0.335 e. The molecule has 0 aliphatic carbocycles. The number of carboxylic acids is 1. The number of carboxylic acid groups (broad SMARTS) is 1. The van der Waals surface area contributed by atoms with Crippen molar-refractivity contribution in [1.29, 1.82) is 0 Å². The van der Waals surface area contributed by atoms with E-state index in [1.807, 2.05) is 0 Å². The minimum absolute atomic E-state index is 0.172. The van der Waals surface area contributed by atoms with Crippen LogP contribution in [0, 0.1) is 0 Å². The molecule has 0 bridgehead atoms. The number of ether oxygens (including phenoxy) is 1. The van der Waals surface area contributed by atoms with Crippen molar-refractivity contribution in [3.63, 3.8) is 0 Å². The van der Waals surface area contributed by atoms with E-state index in [1.54, 1.807) is 19.1 Å². The number of rotatable bonds is 7. The summed E-state index contributed by atoms with van der Waals surface area (Å²) in [5.41, 5.74) is 5.25. The lowest BCUT2D eigenvalue weighted by Crippen LogP contribution is -2.40. The Bertz CT molecular complexity index is 434. The van der Waals surface area contributed by atoms with Crippen LogP contribution in [0.3, 0.4) is 0 Å². The van der Waals surface area contributed by atoms with E-state index >= 15 is 0 Å². The molecular weight excluding hydrogens is 236 g/mol. The van der Waals surface area contributed by atoms with Gasteiger partial charge in [-0.05, 0) is 25.1 Å². The summed E-state index contributed by atoms with van der Waals surface area (Å²) in [6.45, 7) is 2.43. The number of primary amides is 1. The molecule has 1 atom stereocenters. The Balaban J connectivity index is 2.38. The van der Waals surface area contributed by atoms with Gasteiger partial charge in [-0.1, -0.05) is 6.07 Å². The summed E-state index contributed by atoms with van der Waals surface area (Å²) in [7, 11) is 0. The average Bonchev–Trinajstić information content (AvgIpc) is 2.34. The Labute approximate surface area is 105 Å². The monoisotopic (exact) mass is 252 g/mol. The van der Waals surface area contributed by atoms with Gasteiger partial charge in [-0.25, -0.2) is 4.79 Å². The number of nitrogens with two attached hydrogens (primary N) is 1. The Morgan fingerprint density at radius 3 is 2.83 bits per heavy atom. The number of benzene rings is 1. The van der Waals surface area contributed by atoms with Crippen LogP contribution >= 0.6 is 0 Å². The molecule has 1 unspecified atom stereocenters. The summed E-state index contributed by atoms with van der Waals surface area (Å²) in [6.07, 6.45) is 0. The van der Waals surface area contributed by atoms with Crippen molar-refractivity contribution < 1.29 is 19.4 Å². The van der Waals surface area contributed by atoms with Crippen molar-refractivity contribution in [2.24, 2.45) is 5.73 Å². The predicted molar refractivity (Wildman–Crippen MR) is 65.6 cm³/mol. The van der Waals surface area contributed by atoms with Crippen LogP contribution in [0.25, 0.3) is 0 Å². The molecule has 98 valence electrons. The van der Waals surface area contributed by atoms with Gasteiger partial charge in [-0.2, -0.15) is 0 Å². The highest BCUT2D eigenvalue weighted by Gasteiger charge is 2.07. The molecule has 0 spiro atoms. The van der Waals surface area contributed by atoms with Gasteiger partial charge >= 0.3 is 5.97 Å². The van der Waals surface area contributed by atoms with Crippen molar-refractivity contribution in [1.82, 2.24) is 5.32 Å². The topological polar surface area (TPSA) is 102 Å². The van der Waals surface area contributed by atoms with E-state index in [1.165, 1.54) is 12.1 Å². The van der Waals surface area contributed by atoms with Crippen molar-refractivity contribution >= 4 is 11.9 Å². The molecule has 0 heterocycles. The van der Waals surface area contributed by atoms with Gasteiger partial charge in [0.25, 0.3) is 0 Å². The summed E-state index contributed by atoms with van der Waals surface area (Å²) in [5, 5.41) is 11.7. The number of hydrogen-bond acceptors (Lipinski definition) is 4. The summed E-state index contributed by atoms with van der Waals surface area (Å²) in [5.74, 6) is -0.952. The van der Waals surface area contributed by atoms with E-state index in [-0.39, 0.29) is 5.56 Å². The van der Waals surface area contributed by atoms with Crippen LogP contribution in [0.4, 0.5) is 0 Å². The van der Waals surface area contributed by atoms with Crippen molar-refractivity contribution in [3.05, 3.63) is 29.8 Å². The number of nitrogens with one attached hydrogen (secondary N) is 1. The van der Waals surface area contributed by atoms with Gasteiger partial charge in [0.2, 0.25) is 5.91 Å². The van der Waals surface area contributed by atoms with Crippen LogP contribution in [0.1, 0.15) is 17.3 Å². The van der Waals surface area contributed by atoms with Crippen LogP contribution in [0.5, 0.6) is 5.75 Å². The Morgan fingerprint density at radius 1 is 1.50 bits per heavy atom. The molecule has 0 aliphatic heterocycles. The molecule has 0 aromatic heterocycles. The van der Waals surface area contributed by atoms with Gasteiger partial charge < -0.3 is 20.9 Å². The molecule has 18 heavy (non-hydrogen) atoms. The third-order valence-corrected chi connectivity index (χ3v) is 2.33. The first-order valence-corrected chi connectivity index (χ1v) is 5.49. The normalized spacial score (nSPS) is 11.8. The van der Waals surface area contributed by atoms with Crippen LogP contribution < -0.4 is 15.8 Å². The van der Waals surface area contributed by atoms with Gasteiger partial charge in [0.1, 0.15) is 12.4 Å². The zero-order valence-corrected chi connectivity index (χ0v) is 10.1. The maximum Gasteiger partial charge on any atom is 0.335 e. The number of carbonyl (C=O) groups is 2. The van der Waals surface area contributed by atoms with Crippen LogP contribution in [-0.2, 0) is 4.79 Å². The fraction of sp³-hybridized carbons (Fsp3) is 0.333. The third-order valence-electron chi connectivity index (χ3n) is 2.33. The molecule has 6 heteroatoms.